The molecule has 0 bridgehead atoms. The van der Waals surface area contributed by atoms with Crippen molar-refractivity contribution in [3.05, 3.63) is 138 Å². The van der Waals surface area contributed by atoms with E-state index in [1.54, 1.807) is 24.3 Å². The zero-order valence-electron chi connectivity index (χ0n) is 24.3. The molecule has 4 aromatic carbocycles. The Hall–Kier alpha value is -3.40. The number of hydrogen-bond acceptors (Lipinski definition) is 7. The summed E-state index contributed by atoms with van der Waals surface area (Å²) in [4.78, 5) is 0. The van der Waals surface area contributed by atoms with Crippen LogP contribution in [0.5, 0.6) is 0 Å². The summed E-state index contributed by atoms with van der Waals surface area (Å²) in [6.45, 7) is 1.37. The van der Waals surface area contributed by atoms with E-state index >= 15 is 0 Å². The van der Waals surface area contributed by atoms with Crippen LogP contribution in [0, 0.1) is 0 Å². The first-order valence-corrected chi connectivity index (χ1v) is 16.4. The second-order valence-corrected chi connectivity index (χ2v) is 12.9. The SMILES string of the molecule is Clc1cc(Cl)c(Cl)c(CNc2ccc(-c3cc(COCc4cc(-c5ccc(NCc6cc(Cl)cc(Cl)c6Cl)cc5)no4)on3)cc2)c1. The third-order valence-electron chi connectivity index (χ3n) is 7.07. The number of aromatic nitrogens is 2. The lowest BCUT2D eigenvalue weighted by Crippen LogP contribution is -2.00. The van der Waals surface area contributed by atoms with Gasteiger partial charge in [-0.2, -0.15) is 0 Å². The Morgan fingerprint density at radius 2 is 0.936 bits per heavy atom. The zero-order chi connectivity index (χ0) is 32.9. The molecule has 0 fully saturated rings. The number of rotatable bonds is 12. The molecule has 0 radical (unpaired) electrons. The van der Waals surface area contributed by atoms with Crippen LogP contribution in [-0.4, -0.2) is 10.3 Å². The second-order valence-electron chi connectivity index (χ2n) is 10.4. The molecule has 13 heteroatoms. The second kappa shape index (κ2) is 15.2. The summed E-state index contributed by atoms with van der Waals surface area (Å²) in [5.74, 6) is 1.16. The molecule has 0 spiro atoms. The van der Waals surface area contributed by atoms with Gasteiger partial charge in [-0.15, -0.1) is 0 Å². The average Bonchev–Trinajstić information content (AvgIpc) is 3.74. The van der Waals surface area contributed by atoms with Crippen LogP contribution < -0.4 is 10.6 Å². The molecule has 2 N–H and O–H groups in total. The van der Waals surface area contributed by atoms with Gasteiger partial charge in [-0.1, -0.05) is 104 Å². The van der Waals surface area contributed by atoms with Crippen LogP contribution in [0.15, 0.2) is 94.0 Å². The van der Waals surface area contributed by atoms with Gasteiger partial charge >= 0.3 is 0 Å². The topological polar surface area (TPSA) is 85.4 Å². The molecular formula is C34H24Cl6N4O3. The van der Waals surface area contributed by atoms with Crippen LogP contribution in [0.3, 0.4) is 0 Å². The first-order valence-electron chi connectivity index (χ1n) is 14.2. The first-order chi connectivity index (χ1) is 22.7. The number of ether oxygens (including phenoxy) is 1. The predicted molar refractivity (Wildman–Crippen MR) is 190 cm³/mol. The molecule has 0 amide bonds. The monoisotopic (exact) mass is 746 g/mol. The normalized spacial score (nSPS) is 11.2. The molecule has 0 aliphatic carbocycles. The maximum atomic E-state index is 6.30. The van der Waals surface area contributed by atoms with E-state index in [2.05, 4.69) is 20.9 Å². The van der Waals surface area contributed by atoms with Gasteiger partial charge in [-0.05, 0) is 59.7 Å². The van der Waals surface area contributed by atoms with E-state index in [9.17, 15) is 0 Å². The van der Waals surface area contributed by atoms with Gasteiger partial charge < -0.3 is 24.4 Å². The van der Waals surface area contributed by atoms with Gasteiger partial charge in [0.25, 0.3) is 0 Å². The molecule has 0 unspecified atom stereocenters. The first kappa shape index (κ1) is 33.5. The lowest BCUT2D eigenvalue weighted by molar-refractivity contribution is 0.0727. The highest BCUT2D eigenvalue weighted by Crippen LogP contribution is 2.32. The molecule has 47 heavy (non-hydrogen) atoms. The fourth-order valence-electron chi connectivity index (χ4n) is 4.67. The van der Waals surface area contributed by atoms with E-state index in [-0.39, 0.29) is 13.2 Å². The van der Waals surface area contributed by atoms with E-state index in [1.807, 2.05) is 60.7 Å². The van der Waals surface area contributed by atoms with Crippen molar-refractivity contribution in [1.29, 1.82) is 0 Å². The summed E-state index contributed by atoms with van der Waals surface area (Å²) in [5, 5.41) is 17.8. The maximum absolute atomic E-state index is 6.30. The Kier molecular flexibility index (Phi) is 10.8. The van der Waals surface area contributed by atoms with Gasteiger partial charge in [0, 0.05) is 57.8 Å². The van der Waals surface area contributed by atoms with Gasteiger partial charge in [-0.3, -0.25) is 0 Å². The van der Waals surface area contributed by atoms with E-state index in [4.69, 9.17) is 83.4 Å². The van der Waals surface area contributed by atoms with Crippen LogP contribution in [0.25, 0.3) is 22.5 Å². The van der Waals surface area contributed by atoms with Gasteiger partial charge in [0.05, 0.1) is 20.1 Å². The highest BCUT2D eigenvalue weighted by molar-refractivity contribution is 6.44. The summed E-state index contributed by atoms with van der Waals surface area (Å²) < 4.78 is 16.8. The zero-order valence-corrected chi connectivity index (χ0v) is 28.8. The molecule has 6 rings (SSSR count). The molecule has 0 saturated heterocycles. The van der Waals surface area contributed by atoms with Gasteiger partial charge in [0.15, 0.2) is 11.5 Å². The minimum atomic E-state index is 0.216. The van der Waals surface area contributed by atoms with Crippen molar-refractivity contribution in [1.82, 2.24) is 10.3 Å². The average molecular weight is 749 g/mol. The lowest BCUT2D eigenvalue weighted by atomic mass is 10.1. The molecule has 0 saturated carbocycles. The predicted octanol–water partition coefficient (Wildman–Crippen LogP) is 11.9. The third kappa shape index (κ3) is 8.55. The van der Waals surface area contributed by atoms with Crippen LogP contribution in [0.1, 0.15) is 22.6 Å². The number of hydrogen-bond donors (Lipinski definition) is 2. The van der Waals surface area contributed by atoms with Gasteiger partial charge in [-0.25, -0.2) is 0 Å². The van der Waals surface area contributed by atoms with Crippen molar-refractivity contribution in [3.8, 4) is 22.5 Å². The van der Waals surface area contributed by atoms with Crippen molar-refractivity contribution in [2.45, 2.75) is 26.3 Å². The van der Waals surface area contributed by atoms with Crippen molar-refractivity contribution >= 4 is 81.0 Å². The molecule has 7 nitrogen and oxygen atoms in total. The fraction of sp³-hybridized carbons (Fsp3) is 0.118. The maximum Gasteiger partial charge on any atom is 0.163 e. The Balaban J connectivity index is 0.973. The molecule has 0 atom stereocenters. The van der Waals surface area contributed by atoms with Gasteiger partial charge in [0.1, 0.15) is 24.6 Å². The summed E-state index contributed by atoms with van der Waals surface area (Å²) in [6, 6.07) is 26.0. The third-order valence-corrected chi connectivity index (χ3v) is 9.19. The summed E-state index contributed by atoms with van der Waals surface area (Å²) >= 11 is 37.1. The number of nitrogens with one attached hydrogen (secondary N) is 2. The van der Waals surface area contributed by atoms with E-state index in [0.717, 1.165) is 33.6 Å². The lowest BCUT2D eigenvalue weighted by Gasteiger charge is -2.10. The molecule has 0 aliphatic heterocycles. The van der Waals surface area contributed by atoms with Crippen LogP contribution in [-0.2, 0) is 31.0 Å². The minimum absolute atomic E-state index is 0.216. The molecule has 240 valence electrons. The van der Waals surface area contributed by atoms with Crippen LogP contribution in [0.2, 0.25) is 30.1 Å². The van der Waals surface area contributed by atoms with Crippen molar-refractivity contribution in [2.24, 2.45) is 0 Å². The molecule has 2 aromatic heterocycles. The Labute approximate surface area is 300 Å². The van der Waals surface area contributed by atoms with Crippen LogP contribution in [0.4, 0.5) is 11.4 Å². The Bertz CT molecular complexity index is 1850. The number of nitrogens with zero attached hydrogens (tertiary/aromatic N) is 2. The Morgan fingerprint density at radius 1 is 0.532 bits per heavy atom. The molecule has 6 aromatic rings. The number of anilines is 2. The van der Waals surface area contributed by atoms with E-state index in [0.29, 0.717) is 66.1 Å². The molecular weight excluding hydrogens is 725 g/mol. The van der Waals surface area contributed by atoms with Crippen molar-refractivity contribution in [3.63, 3.8) is 0 Å². The van der Waals surface area contributed by atoms with E-state index < -0.39 is 0 Å². The standard InChI is InChI=1S/C34H24Cl6N4O3/c35-23-9-21(33(39)29(37)11-23)15-41-25-5-1-19(2-6-25)31-13-27(46-43-31)17-45-18-28-14-32(44-47-28)20-3-7-26(8-4-20)42-16-22-10-24(36)12-30(38)34(22)40/h1-14,41-42H,15-18H2. The van der Waals surface area contributed by atoms with Crippen molar-refractivity contribution < 1.29 is 13.8 Å². The molecule has 2 heterocycles. The highest BCUT2D eigenvalue weighted by Gasteiger charge is 2.12. The summed E-state index contributed by atoms with van der Waals surface area (Å²) in [5.41, 5.74) is 6.59. The fourth-order valence-corrected chi connectivity index (χ4v) is 6.10. The number of halogens is 6. The van der Waals surface area contributed by atoms with Crippen molar-refractivity contribution in [2.75, 3.05) is 10.6 Å². The largest absolute Gasteiger partial charge is 0.381 e. The summed E-state index contributed by atoms with van der Waals surface area (Å²) in [7, 11) is 0. The highest BCUT2D eigenvalue weighted by atomic mass is 35.5. The smallest absolute Gasteiger partial charge is 0.163 e. The summed E-state index contributed by atoms with van der Waals surface area (Å²) in [6.07, 6.45) is 0. The van der Waals surface area contributed by atoms with Gasteiger partial charge in [0.2, 0.25) is 0 Å². The quantitative estimate of drug-likeness (QED) is 0.121. The number of benzene rings is 4. The van der Waals surface area contributed by atoms with Crippen LogP contribution >= 0.6 is 69.6 Å². The minimum Gasteiger partial charge on any atom is -0.381 e. The van der Waals surface area contributed by atoms with E-state index in [1.165, 1.54) is 0 Å². The molecule has 0 aliphatic rings. The Morgan fingerprint density at radius 3 is 1.34 bits per heavy atom.